The second kappa shape index (κ2) is 16.2. The molecule has 24 heavy (non-hydrogen) atoms. The summed E-state index contributed by atoms with van der Waals surface area (Å²) in [6.45, 7) is 2.69. The fourth-order valence-corrected chi connectivity index (χ4v) is 3.27. The minimum absolute atomic E-state index is 0.0121. The molecule has 6 nitrogen and oxygen atoms in total. The molecule has 0 unspecified atom stereocenters. The normalized spacial score (nSPS) is 10.2. The Balaban J connectivity index is 4.07. The van der Waals surface area contributed by atoms with Crippen LogP contribution in [0.4, 0.5) is 0 Å². The molecule has 0 saturated carbocycles. The summed E-state index contributed by atoms with van der Waals surface area (Å²) in [6.07, 6.45) is 0.446. The van der Waals surface area contributed by atoms with E-state index in [9.17, 15) is 9.59 Å². The van der Waals surface area contributed by atoms with Crippen molar-refractivity contribution in [2.75, 3.05) is 62.3 Å². The molecule has 0 atom stereocenters. The number of thioether (sulfide) groups is 1. The van der Waals surface area contributed by atoms with E-state index >= 15 is 0 Å². The summed E-state index contributed by atoms with van der Waals surface area (Å²) < 4.78 is 0. The fraction of sp³-hybridized carbons (Fsp3) is 0.846. The summed E-state index contributed by atoms with van der Waals surface area (Å²) >= 11 is 9.94. The first-order chi connectivity index (χ1) is 11.6. The maximum atomic E-state index is 12.1. The van der Waals surface area contributed by atoms with E-state index in [1.54, 1.807) is 21.6 Å². The molecule has 0 bridgehead atoms. The number of hydrogen-bond acceptors (Lipinski definition) is 7. The van der Waals surface area contributed by atoms with Crippen molar-refractivity contribution >= 4 is 64.1 Å². The van der Waals surface area contributed by atoms with Gasteiger partial charge in [0.15, 0.2) is 0 Å². The van der Waals surface area contributed by atoms with Gasteiger partial charge >= 0.3 is 162 Å². The SMILES string of the molecule is [B]=NCCN(CCS)C(=O)CCSCCN(CCS)C(=O)CN=[B]. The van der Waals surface area contributed by atoms with E-state index in [4.69, 9.17) is 15.3 Å². The van der Waals surface area contributed by atoms with Crippen molar-refractivity contribution in [1.29, 1.82) is 0 Å². The zero-order valence-corrected chi connectivity index (χ0v) is 16.4. The molecule has 0 heterocycles. The third kappa shape index (κ3) is 11.3. The van der Waals surface area contributed by atoms with E-state index in [-0.39, 0.29) is 18.4 Å². The van der Waals surface area contributed by atoms with Crippen molar-refractivity contribution in [2.45, 2.75) is 6.42 Å². The topological polar surface area (TPSA) is 65.3 Å². The van der Waals surface area contributed by atoms with Gasteiger partial charge in [0.05, 0.1) is 0 Å². The summed E-state index contributed by atoms with van der Waals surface area (Å²) in [5, 5.41) is 0. The number of rotatable bonds is 15. The molecule has 0 aromatic heterocycles. The van der Waals surface area contributed by atoms with Crippen LogP contribution < -0.4 is 0 Å². The van der Waals surface area contributed by atoms with Crippen LogP contribution in [0.15, 0.2) is 9.79 Å². The molecule has 2 amide bonds. The van der Waals surface area contributed by atoms with Crippen LogP contribution in [0.1, 0.15) is 6.42 Å². The van der Waals surface area contributed by atoms with Gasteiger partial charge in [-0.1, -0.05) is 0 Å². The van der Waals surface area contributed by atoms with Crippen LogP contribution in [0.2, 0.25) is 0 Å². The second-order valence-corrected chi connectivity index (χ2v) is 6.94. The number of nitrogens with zero attached hydrogens (tertiary/aromatic N) is 4. The molecule has 0 spiro atoms. The first-order valence-corrected chi connectivity index (χ1v) is 10.1. The first kappa shape index (κ1) is 23.7. The van der Waals surface area contributed by atoms with Crippen molar-refractivity contribution in [3.05, 3.63) is 0 Å². The van der Waals surface area contributed by atoms with E-state index in [0.717, 1.165) is 5.75 Å². The predicted molar refractivity (Wildman–Crippen MR) is 109 cm³/mol. The molecule has 0 N–H and O–H groups in total. The molecule has 0 aliphatic rings. The predicted octanol–water partition coefficient (Wildman–Crippen LogP) is 0.331. The van der Waals surface area contributed by atoms with Crippen molar-refractivity contribution < 1.29 is 9.59 Å². The van der Waals surface area contributed by atoms with Crippen LogP contribution in [-0.2, 0) is 9.59 Å². The van der Waals surface area contributed by atoms with Gasteiger partial charge in [0.25, 0.3) is 0 Å². The Morgan fingerprint density at radius 2 is 1.50 bits per heavy atom. The average molecular weight is 386 g/mol. The van der Waals surface area contributed by atoms with Crippen molar-refractivity contribution in [3.63, 3.8) is 0 Å². The molecule has 0 aliphatic carbocycles. The second-order valence-electron chi connectivity index (χ2n) is 4.82. The Morgan fingerprint density at radius 3 is 2.04 bits per heavy atom. The Kier molecular flexibility index (Phi) is 16.0. The van der Waals surface area contributed by atoms with Crippen LogP contribution in [0.3, 0.4) is 0 Å². The quantitative estimate of drug-likeness (QED) is 0.242. The summed E-state index contributed by atoms with van der Waals surface area (Å²) in [5.41, 5.74) is 0. The summed E-state index contributed by atoms with van der Waals surface area (Å²) in [6, 6.07) is 0. The molecule has 0 saturated heterocycles. The summed E-state index contributed by atoms with van der Waals surface area (Å²) in [7, 11) is 10.2. The molecule has 0 aromatic carbocycles. The van der Waals surface area contributed by atoms with Gasteiger partial charge in [0, 0.05) is 0 Å². The number of hydrogen-bond donors (Lipinski definition) is 2. The van der Waals surface area contributed by atoms with Crippen LogP contribution in [0.25, 0.3) is 0 Å². The van der Waals surface area contributed by atoms with Gasteiger partial charge in [-0.3, -0.25) is 0 Å². The minimum atomic E-state index is -0.103. The van der Waals surface area contributed by atoms with Gasteiger partial charge in [-0.25, -0.2) is 0 Å². The molecular formula is C13H24B2N4O2S3. The van der Waals surface area contributed by atoms with Crippen LogP contribution in [0, 0.1) is 0 Å². The summed E-state index contributed by atoms with van der Waals surface area (Å²) in [4.78, 5) is 34.2. The van der Waals surface area contributed by atoms with E-state index in [1.807, 2.05) is 0 Å². The number of carbonyl (C=O) groups excluding carboxylic acids is 2. The van der Waals surface area contributed by atoms with E-state index < -0.39 is 0 Å². The average Bonchev–Trinajstić information content (AvgIpc) is 2.57. The molecule has 0 aliphatic heterocycles. The van der Waals surface area contributed by atoms with Crippen LogP contribution in [0.5, 0.6) is 0 Å². The zero-order valence-electron chi connectivity index (χ0n) is 13.8. The maximum absolute atomic E-state index is 12.1. The van der Waals surface area contributed by atoms with Crippen LogP contribution >= 0.6 is 37.0 Å². The van der Waals surface area contributed by atoms with Crippen LogP contribution in [-0.4, -0.2) is 99.2 Å². The number of carbonyl (C=O) groups is 2. The molecule has 0 rings (SSSR count). The Labute approximate surface area is 161 Å². The molecule has 2 radical (unpaired) electrons. The monoisotopic (exact) mass is 386 g/mol. The third-order valence-corrected chi connectivity index (χ3v) is 4.50. The molecule has 132 valence electrons. The molecule has 0 aromatic rings. The van der Waals surface area contributed by atoms with Crippen molar-refractivity contribution in [1.82, 2.24) is 9.80 Å². The van der Waals surface area contributed by atoms with Crippen molar-refractivity contribution in [2.24, 2.45) is 9.79 Å². The molecular weight excluding hydrogens is 362 g/mol. The van der Waals surface area contributed by atoms with E-state index in [0.29, 0.717) is 56.4 Å². The Hall–Kier alpha value is -0.280. The third-order valence-electron chi connectivity index (χ3n) is 3.14. The Bertz CT molecular complexity index is 405. The standard InChI is InChI=1S/C13H24B2N4O2S3/c14-16-2-3-18(4-7-22)12(20)1-9-24-10-6-19(5-8-23)13(21)11-17-15/h22-23H,1-11H2. The zero-order chi connectivity index (χ0) is 18.2. The Morgan fingerprint density at radius 1 is 0.875 bits per heavy atom. The fourth-order valence-electron chi connectivity index (χ4n) is 1.91. The van der Waals surface area contributed by atoms with Crippen molar-refractivity contribution in [3.8, 4) is 0 Å². The molecule has 0 fully saturated rings. The van der Waals surface area contributed by atoms with Gasteiger partial charge in [0.2, 0.25) is 0 Å². The van der Waals surface area contributed by atoms with Gasteiger partial charge in [-0.2, -0.15) is 0 Å². The first-order valence-electron chi connectivity index (χ1n) is 7.69. The summed E-state index contributed by atoms with van der Waals surface area (Å²) in [5.74, 6) is 2.62. The van der Waals surface area contributed by atoms with Gasteiger partial charge in [-0.15, -0.1) is 0 Å². The van der Waals surface area contributed by atoms with Gasteiger partial charge in [0.1, 0.15) is 0 Å². The van der Waals surface area contributed by atoms with Gasteiger partial charge < -0.3 is 0 Å². The number of thiol groups is 2. The van der Waals surface area contributed by atoms with Gasteiger partial charge in [-0.05, 0) is 0 Å². The van der Waals surface area contributed by atoms with E-state index in [2.05, 4.69) is 35.0 Å². The number of amides is 2. The van der Waals surface area contributed by atoms with E-state index in [1.165, 1.54) is 0 Å². The molecule has 11 heteroatoms.